The first-order valence-electron chi connectivity index (χ1n) is 5.52. The number of esters is 1. The van der Waals surface area contributed by atoms with E-state index in [0.717, 1.165) is 19.3 Å². The van der Waals surface area contributed by atoms with Gasteiger partial charge in [0.15, 0.2) is 0 Å². The van der Waals surface area contributed by atoms with Gasteiger partial charge in [0, 0.05) is 0 Å². The number of unbranched alkanes of at least 4 members (excludes halogenated alkanes) is 5. The van der Waals surface area contributed by atoms with Gasteiger partial charge in [-0.05, 0) is 6.42 Å². The Morgan fingerprint density at radius 1 is 1.07 bits per heavy atom. The lowest BCUT2D eigenvalue weighted by Crippen LogP contribution is -2.26. The molecule has 0 aliphatic rings. The van der Waals surface area contributed by atoms with Crippen LogP contribution in [0.2, 0.25) is 0 Å². The summed E-state index contributed by atoms with van der Waals surface area (Å²) in [5, 5.41) is 10.0. The van der Waals surface area contributed by atoms with Crippen molar-refractivity contribution in [1.82, 2.24) is 0 Å². The molecule has 0 unspecified atom stereocenters. The minimum atomic E-state index is -1.39. The Balaban J connectivity index is 3.16. The Morgan fingerprint density at radius 3 is 2.27 bits per heavy atom. The molecule has 0 bridgehead atoms. The predicted octanol–water partition coefficient (Wildman–Crippen LogP) is 1.03. The van der Waals surface area contributed by atoms with Crippen LogP contribution in [-0.4, -0.2) is 18.5 Å². The summed E-state index contributed by atoms with van der Waals surface area (Å²) in [6.07, 6.45) is 6.00. The standard InChI is InChI=1S/C11H20O4/c1-2-3-4-5-6-7-8-15-11(14)9-10(12)13/h2-9H2,1H3,(H,12,13)/p-1. The fraction of sp³-hybridized carbons (Fsp3) is 0.818. The van der Waals surface area contributed by atoms with E-state index in [1.807, 2.05) is 0 Å². The second kappa shape index (κ2) is 9.49. The first-order chi connectivity index (χ1) is 7.16. The van der Waals surface area contributed by atoms with E-state index in [9.17, 15) is 14.7 Å². The van der Waals surface area contributed by atoms with E-state index in [0.29, 0.717) is 6.61 Å². The molecule has 0 aromatic carbocycles. The molecule has 0 N–H and O–H groups in total. The van der Waals surface area contributed by atoms with Gasteiger partial charge in [-0.25, -0.2) is 0 Å². The van der Waals surface area contributed by atoms with Crippen LogP contribution in [0.3, 0.4) is 0 Å². The van der Waals surface area contributed by atoms with Crippen LogP contribution in [-0.2, 0) is 14.3 Å². The van der Waals surface area contributed by atoms with Gasteiger partial charge in [0.2, 0.25) is 0 Å². The van der Waals surface area contributed by atoms with Crippen molar-refractivity contribution >= 4 is 11.9 Å². The van der Waals surface area contributed by atoms with E-state index in [1.54, 1.807) is 0 Å². The third kappa shape index (κ3) is 10.9. The van der Waals surface area contributed by atoms with Gasteiger partial charge < -0.3 is 14.6 Å². The topological polar surface area (TPSA) is 66.4 Å². The number of carbonyl (C=O) groups is 2. The smallest absolute Gasteiger partial charge is 0.311 e. The van der Waals surface area contributed by atoms with Crippen LogP contribution in [0.1, 0.15) is 51.9 Å². The van der Waals surface area contributed by atoms with Crippen molar-refractivity contribution in [2.24, 2.45) is 0 Å². The quantitative estimate of drug-likeness (QED) is 0.327. The summed E-state index contributed by atoms with van der Waals surface area (Å²) in [4.78, 5) is 20.8. The number of hydrogen-bond acceptors (Lipinski definition) is 4. The zero-order valence-corrected chi connectivity index (χ0v) is 9.29. The zero-order chi connectivity index (χ0) is 11.5. The fourth-order valence-electron chi connectivity index (χ4n) is 1.24. The van der Waals surface area contributed by atoms with Gasteiger partial charge in [-0.2, -0.15) is 0 Å². The lowest BCUT2D eigenvalue weighted by Gasteiger charge is -2.04. The molecule has 0 saturated heterocycles. The maximum absolute atomic E-state index is 10.7. The molecule has 88 valence electrons. The maximum Gasteiger partial charge on any atom is 0.311 e. The van der Waals surface area contributed by atoms with Crippen LogP contribution >= 0.6 is 0 Å². The SMILES string of the molecule is CCCCCCCCOC(=O)CC(=O)[O-]. The van der Waals surface area contributed by atoms with Gasteiger partial charge in [0.1, 0.15) is 0 Å². The van der Waals surface area contributed by atoms with Gasteiger partial charge in [-0.15, -0.1) is 0 Å². The lowest BCUT2D eigenvalue weighted by atomic mass is 10.1. The monoisotopic (exact) mass is 215 g/mol. The van der Waals surface area contributed by atoms with Crippen LogP contribution in [0, 0.1) is 0 Å². The van der Waals surface area contributed by atoms with Gasteiger partial charge in [-0.3, -0.25) is 4.79 Å². The molecule has 0 aromatic rings. The zero-order valence-electron chi connectivity index (χ0n) is 9.29. The molecular formula is C11H19O4-. The Kier molecular flexibility index (Phi) is 8.82. The van der Waals surface area contributed by atoms with Crippen LogP contribution in [0.4, 0.5) is 0 Å². The Morgan fingerprint density at radius 2 is 1.67 bits per heavy atom. The molecule has 0 saturated carbocycles. The van der Waals surface area contributed by atoms with Crippen molar-refractivity contribution in [3.8, 4) is 0 Å². The molecule has 0 spiro atoms. The van der Waals surface area contributed by atoms with Crippen molar-refractivity contribution < 1.29 is 19.4 Å². The minimum Gasteiger partial charge on any atom is -0.550 e. The molecule has 0 aliphatic carbocycles. The number of ether oxygens (including phenoxy) is 1. The van der Waals surface area contributed by atoms with Crippen LogP contribution < -0.4 is 5.11 Å². The number of hydrogen-bond donors (Lipinski definition) is 0. The Hall–Kier alpha value is -1.06. The molecule has 0 radical (unpaired) electrons. The minimum absolute atomic E-state index is 0.318. The maximum atomic E-state index is 10.7. The third-order valence-electron chi connectivity index (χ3n) is 2.05. The summed E-state index contributed by atoms with van der Waals surface area (Å²) in [5.41, 5.74) is 0. The highest BCUT2D eigenvalue weighted by molar-refractivity contribution is 5.88. The summed E-state index contributed by atoms with van der Waals surface area (Å²) in [6.45, 7) is 2.47. The second-order valence-electron chi connectivity index (χ2n) is 3.54. The van der Waals surface area contributed by atoms with E-state index in [4.69, 9.17) is 4.74 Å². The highest BCUT2D eigenvalue weighted by Gasteiger charge is 2.01. The normalized spacial score (nSPS) is 9.93. The van der Waals surface area contributed by atoms with E-state index >= 15 is 0 Å². The number of aliphatic carboxylic acids is 1. The Labute approximate surface area is 90.6 Å². The Bertz CT molecular complexity index is 189. The second-order valence-corrected chi connectivity index (χ2v) is 3.54. The summed E-state index contributed by atoms with van der Waals surface area (Å²) >= 11 is 0. The lowest BCUT2D eigenvalue weighted by molar-refractivity contribution is -0.305. The first kappa shape index (κ1) is 13.9. The van der Waals surface area contributed by atoms with Crippen LogP contribution in [0.25, 0.3) is 0 Å². The van der Waals surface area contributed by atoms with Crippen LogP contribution in [0.5, 0.6) is 0 Å². The average molecular weight is 215 g/mol. The van der Waals surface area contributed by atoms with E-state index in [-0.39, 0.29) is 0 Å². The van der Waals surface area contributed by atoms with E-state index < -0.39 is 18.4 Å². The molecule has 0 amide bonds. The van der Waals surface area contributed by atoms with Crippen molar-refractivity contribution in [1.29, 1.82) is 0 Å². The molecule has 0 aromatic heterocycles. The van der Waals surface area contributed by atoms with E-state index in [2.05, 4.69) is 6.92 Å². The number of carboxylic acids is 1. The molecule has 0 atom stereocenters. The molecule has 0 aliphatic heterocycles. The third-order valence-corrected chi connectivity index (χ3v) is 2.05. The van der Waals surface area contributed by atoms with Gasteiger partial charge >= 0.3 is 5.97 Å². The highest BCUT2D eigenvalue weighted by atomic mass is 16.5. The molecule has 0 heterocycles. The fourth-order valence-corrected chi connectivity index (χ4v) is 1.24. The molecule has 0 fully saturated rings. The summed E-state index contributed by atoms with van der Waals surface area (Å²) in [5.74, 6) is -2.09. The van der Waals surface area contributed by atoms with Crippen LogP contribution in [0.15, 0.2) is 0 Å². The van der Waals surface area contributed by atoms with Gasteiger partial charge in [0.05, 0.1) is 19.0 Å². The number of carbonyl (C=O) groups excluding carboxylic acids is 2. The molecule has 15 heavy (non-hydrogen) atoms. The van der Waals surface area contributed by atoms with Gasteiger partial charge in [0.25, 0.3) is 0 Å². The largest absolute Gasteiger partial charge is 0.550 e. The highest BCUT2D eigenvalue weighted by Crippen LogP contribution is 2.04. The van der Waals surface area contributed by atoms with Gasteiger partial charge in [-0.1, -0.05) is 39.0 Å². The number of carboxylic acid groups (broad SMARTS) is 1. The molecule has 0 rings (SSSR count). The van der Waals surface area contributed by atoms with Crippen molar-refractivity contribution in [2.75, 3.05) is 6.61 Å². The van der Waals surface area contributed by atoms with Crippen molar-refractivity contribution in [3.05, 3.63) is 0 Å². The molecule has 4 nitrogen and oxygen atoms in total. The first-order valence-corrected chi connectivity index (χ1v) is 5.52. The summed E-state index contributed by atoms with van der Waals surface area (Å²) in [6, 6.07) is 0. The van der Waals surface area contributed by atoms with Crippen molar-refractivity contribution in [2.45, 2.75) is 51.9 Å². The summed E-state index contributed by atoms with van der Waals surface area (Å²) < 4.78 is 4.70. The van der Waals surface area contributed by atoms with E-state index in [1.165, 1.54) is 19.3 Å². The number of rotatable bonds is 9. The van der Waals surface area contributed by atoms with Crippen molar-refractivity contribution in [3.63, 3.8) is 0 Å². The predicted molar refractivity (Wildman–Crippen MR) is 54.0 cm³/mol. The summed E-state index contributed by atoms with van der Waals surface area (Å²) in [7, 11) is 0. The molecule has 4 heteroatoms. The average Bonchev–Trinajstić information content (AvgIpc) is 2.15. The molecular weight excluding hydrogens is 196 g/mol.